The lowest BCUT2D eigenvalue weighted by Gasteiger charge is -2.08. The molecule has 3 heteroatoms. The van der Waals surface area contributed by atoms with Gasteiger partial charge >= 0.3 is 0 Å². The number of methoxy groups -OCH3 is 1. The Labute approximate surface area is 85.7 Å². The van der Waals surface area contributed by atoms with Crippen LogP contribution in [0.4, 0.5) is 0 Å². The molecule has 0 aliphatic heterocycles. The summed E-state index contributed by atoms with van der Waals surface area (Å²) in [5.41, 5.74) is 0.641. The molecule has 0 aliphatic carbocycles. The van der Waals surface area contributed by atoms with E-state index in [9.17, 15) is 5.11 Å². The average Bonchev–Trinajstić information content (AvgIpc) is 2.17. The fourth-order valence-corrected chi connectivity index (χ4v) is 1.41. The fraction of sp³-hybridized carbons (Fsp3) is 0.200. The highest BCUT2D eigenvalue weighted by atomic mass is 79.9. The van der Waals surface area contributed by atoms with E-state index in [1.807, 2.05) is 0 Å². The third-order valence-corrected chi connectivity index (χ3v) is 2.38. The number of ether oxygens (including phenoxy) is 1. The van der Waals surface area contributed by atoms with E-state index in [0.717, 1.165) is 4.47 Å². The van der Waals surface area contributed by atoms with Gasteiger partial charge in [-0.15, -0.1) is 6.42 Å². The van der Waals surface area contributed by atoms with E-state index in [1.165, 1.54) is 0 Å². The van der Waals surface area contributed by atoms with Crippen LogP contribution in [0.2, 0.25) is 0 Å². The molecule has 0 aromatic heterocycles. The SMILES string of the molecule is C#CC(O)c1cc(OC)ccc1Br. The van der Waals surface area contributed by atoms with Crippen LogP contribution in [0.25, 0.3) is 0 Å². The van der Waals surface area contributed by atoms with E-state index >= 15 is 0 Å². The Hall–Kier alpha value is -0.980. The molecule has 0 aliphatic rings. The molecule has 0 bridgehead atoms. The molecule has 0 saturated heterocycles. The van der Waals surface area contributed by atoms with Gasteiger partial charge < -0.3 is 9.84 Å². The van der Waals surface area contributed by atoms with Crippen molar-refractivity contribution in [2.45, 2.75) is 6.10 Å². The Morgan fingerprint density at radius 1 is 1.62 bits per heavy atom. The van der Waals surface area contributed by atoms with Crippen LogP contribution in [-0.4, -0.2) is 12.2 Å². The van der Waals surface area contributed by atoms with Gasteiger partial charge in [0, 0.05) is 10.0 Å². The van der Waals surface area contributed by atoms with Crippen LogP contribution in [0.5, 0.6) is 5.75 Å². The first-order valence-electron chi connectivity index (χ1n) is 3.66. The van der Waals surface area contributed by atoms with Crippen molar-refractivity contribution in [2.75, 3.05) is 7.11 Å². The van der Waals surface area contributed by atoms with E-state index < -0.39 is 6.10 Å². The molecule has 0 spiro atoms. The van der Waals surface area contributed by atoms with Crippen LogP contribution in [0, 0.1) is 12.3 Å². The number of benzene rings is 1. The second kappa shape index (κ2) is 4.31. The van der Waals surface area contributed by atoms with Crippen LogP contribution in [0.3, 0.4) is 0 Å². The van der Waals surface area contributed by atoms with Gasteiger partial charge in [-0.05, 0) is 18.2 Å². The Balaban J connectivity index is 3.12. The molecule has 13 heavy (non-hydrogen) atoms. The van der Waals surface area contributed by atoms with Gasteiger partial charge in [-0.3, -0.25) is 0 Å². The molecule has 1 aromatic carbocycles. The zero-order valence-corrected chi connectivity index (χ0v) is 8.71. The van der Waals surface area contributed by atoms with Crippen LogP contribution < -0.4 is 4.74 Å². The van der Waals surface area contributed by atoms with Crippen molar-refractivity contribution >= 4 is 15.9 Å². The normalized spacial score (nSPS) is 11.8. The first kappa shape index (κ1) is 10.1. The third kappa shape index (κ3) is 2.24. The van der Waals surface area contributed by atoms with Gasteiger partial charge in [0.05, 0.1) is 7.11 Å². The van der Waals surface area contributed by atoms with Crippen LogP contribution in [0.1, 0.15) is 11.7 Å². The third-order valence-electron chi connectivity index (χ3n) is 1.66. The van der Waals surface area contributed by atoms with Crippen LogP contribution in [0.15, 0.2) is 22.7 Å². The molecule has 1 unspecified atom stereocenters. The van der Waals surface area contributed by atoms with Crippen LogP contribution in [-0.2, 0) is 0 Å². The Bertz CT molecular complexity index is 341. The first-order chi connectivity index (χ1) is 6.19. The van der Waals surface area contributed by atoms with Crippen molar-refractivity contribution < 1.29 is 9.84 Å². The second-order valence-corrected chi connectivity index (χ2v) is 3.31. The molecule has 0 radical (unpaired) electrons. The van der Waals surface area contributed by atoms with E-state index in [0.29, 0.717) is 11.3 Å². The maximum atomic E-state index is 9.41. The van der Waals surface area contributed by atoms with Gasteiger partial charge in [-0.25, -0.2) is 0 Å². The standard InChI is InChI=1S/C10H9BrO2/c1-3-10(12)8-6-7(13-2)4-5-9(8)11/h1,4-6,10,12H,2H3. The highest BCUT2D eigenvalue weighted by Gasteiger charge is 2.08. The summed E-state index contributed by atoms with van der Waals surface area (Å²) in [6.45, 7) is 0. The maximum absolute atomic E-state index is 9.41. The van der Waals surface area contributed by atoms with Gasteiger partial charge in [0.15, 0.2) is 0 Å². The van der Waals surface area contributed by atoms with E-state index in [2.05, 4.69) is 21.9 Å². The van der Waals surface area contributed by atoms with Crippen molar-refractivity contribution in [3.8, 4) is 18.1 Å². The summed E-state index contributed by atoms with van der Waals surface area (Å²) in [5, 5.41) is 9.41. The molecule has 1 rings (SSSR count). The number of hydrogen-bond acceptors (Lipinski definition) is 2. The summed E-state index contributed by atoms with van der Waals surface area (Å²) >= 11 is 3.29. The van der Waals surface area contributed by atoms with E-state index in [-0.39, 0.29) is 0 Å². The Kier molecular flexibility index (Phi) is 3.35. The van der Waals surface area contributed by atoms with E-state index in [4.69, 9.17) is 11.2 Å². The molecule has 0 fully saturated rings. The first-order valence-corrected chi connectivity index (χ1v) is 4.46. The molecule has 0 heterocycles. The fourth-order valence-electron chi connectivity index (χ4n) is 0.948. The largest absolute Gasteiger partial charge is 0.497 e. The van der Waals surface area contributed by atoms with Gasteiger partial charge in [-0.2, -0.15) is 0 Å². The molecule has 1 aromatic rings. The molecule has 1 N–H and O–H groups in total. The summed E-state index contributed by atoms with van der Waals surface area (Å²) in [5.74, 6) is 2.92. The van der Waals surface area contributed by atoms with Gasteiger partial charge in [0.1, 0.15) is 11.9 Å². The predicted octanol–water partition coefficient (Wildman–Crippen LogP) is 2.12. The minimum Gasteiger partial charge on any atom is -0.497 e. The highest BCUT2D eigenvalue weighted by Crippen LogP contribution is 2.27. The summed E-state index contributed by atoms with van der Waals surface area (Å²) in [4.78, 5) is 0. The highest BCUT2D eigenvalue weighted by molar-refractivity contribution is 9.10. The smallest absolute Gasteiger partial charge is 0.141 e. The summed E-state index contributed by atoms with van der Waals surface area (Å²) < 4.78 is 5.78. The lowest BCUT2D eigenvalue weighted by atomic mass is 10.1. The molecule has 0 amide bonds. The Morgan fingerprint density at radius 2 is 2.31 bits per heavy atom. The quantitative estimate of drug-likeness (QED) is 0.803. The maximum Gasteiger partial charge on any atom is 0.141 e. The summed E-state index contributed by atoms with van der Waals surface area (Å²) in [6.07, 6.45) is 4.20. The lowest BCUT2D eigenvalue weighted by Crippen LogP contribution is -1.95. The minimum atomic E-state index is -0.899. The summed E-state index contributed by atoms with van der Waals surface area (Å²) in [7, 11) is 1.56. The van der Waals surface area contributed by atoms with Crippen molar-refractivity contribution in [3.63, 3.8) is 0 Å². The van der Waals surface area contributed by atoms with Crippen molar-refractivity contribution in [2.24, 2.45) is 0 Å². The number of hydrogen-bond donors (Lipinski definition) is 1. The van der Waals surface area contributed by atoms with Gasteiger partial charge in [0.2, 0.25) is 0 Å². The number of aliphatic hydroxyl groups is 1. The van der Waals surface area contributed by atoms with Crippen LogP contribution >= 0.6 is 15.9 Å². The zero-order valence-electron chi connectivity index (χ0n) is 7.12. The Morgan fingerprint density at radius 3 is 2.85 bits per heavy atom. The van der Waals surface area contributed by atoms with E-state index in [1.54, 1.807) is 25.3 Å². The predicted molar refractivity (Wildman–Crippen MR) is 54.5 cm³/mol. The molecule has 68 valence electrons. The topological polar surface area (TPSA) is 29.5 Å². The van der Waals surface area contributed by atoms with Crippen molar-refractivity contribution in [1.29, 1.82) is 0 Å². The summed E-state index contributed by atoms with van der Waals surface area (Å²) in [6, 6.07) is 5.28. The number of aliphatic hydroxyl groups excluding tert-OH is 1. The zero-order chi connectivity index (χ0) is 9.84. The monoisotopic (exact) mass is 240 g/mol. The number of terminal acetylenes is 1. The second-order valence-electron chi connectivity index (χ2n) is 2.46. The molecule has 0 saturated carbocycles. The number of halogens is 1. The molecule has 2 nitrogen and oxygen atoms in total. The van der Waals surface area contributed by atoms with Gasteiger partial charge in [0.25, 0.3) is 0 Å². The molecule has 1 atom stereocenters. The minimum absolute atomic E-state index is 0.641. The molecular weight excluding hydrogens is 232 g/mol. The average molecular weight is 241 g/mol. The molecular formula is C10H9BrO2. The van der Waals surface area contributed by atoms with Crippen molar-refractivity contribution in [1.82, 2.24) is 0 Å². The van der Waals surface area contributed by atoms with Crippen molar-refractivity contribution in [3.05, 3.63) is 28.2 Å². The lowest BCUT2D eigenvalue weighted by molar-refractivity contribution is 0.237. The number of rotatable bonds is 2. The van der Waals surface area contributed by atoms with Gasteiger partial charge in [-0.1, -0.05) is 21.9 Å².